The zero-order valence-corrected chi connectivity index (χ0v) is 14.8. The molecule has 132 valence electrons. The number of guanidine groups is 1. The van der Waals surface area contributed by atoms with Gasteiger partial charge >= 0.3 is 6.03 Å². The Morgan fingerprint density at radius 1 is 1.20 bits per heavy atom. The number of nitrogens with one attached hydrogen (secondary N) is 1. The van der Waals surface area contributed by atoms with E-state index in [1.165, 1.54) is 15.4 Å². The lowest BCUT2D eigenvalue weighted by molar-refractivity contribution is -0.136. The highest BCUT2D eigenvalue weighted by Gasteiger charge is 2.50. The summed E-state index contributed by atoms with van der Waals surface area (Å²) in [5, 5.41) is 4.19. The monoisotopic (exact) mass is 342 g/mol. The maximum atomic E-state index is 12.6. The molecule has 1 fully saturated rings. The molecule has 3 rings (SSSR count). The minimum atomic E-state index is -0.537. The number of fused-ring (bicyclic) bond motifs is 1. The summed E-state index contributed by atoms with van der Waals surface area (Å²) >= 11 is 0. The summed E-state index contributed by atoms with van der Waals surface area (Å²) in [5.41, 5.74) is 5.01. The zero-order valence-electron chi connectivity index (χ0n) is 14.8. The van der Waals surface area contributed by atoms with Crippen LogP contribution in [0.2, 0.25) is 0 Å². The fourth-order valence-electron chi connectivity index (χ4n) is 2.98. The van der Waals surface area contributed by atoms with Gasteiger partial charge in [0, 0.05) is 20.6 Å². The van der Waals surface area contributed by atoms with Gasteiger partial charge in [-0.2, -0.15) is 5.10 Å². The van der Waals surface area contributed by atoms with Crippen LogP contribution >= 0.6 is 0 Å². The van der Waals surface area contributed by atoms with E-state index in [9.17, 15) is 9.59 Å². The van der Waals surface area contributed by atoms with E-state index in [1.54, 1.807) is 32.1 Å². The number of carbonyl (C=O) groups excluding carboxylic acids is 2. The molecule has 25 heavy (non-hydrogen) atoms. The summed E-state index contributed by atoms with van der Waals surface area (Å²) in [4.78, 5) is 33.7. The van der Waals surface area contributed by atoms with E-state index in [2.05, 4.69) is 15.5 Å². The van der Waals surface area contributed by atoms with Crippen LogP contribution in [0.1, 0.15) is 18.1 Å². The molecule has 2 aliphatic rings. The third-order valence-corrected chi connectivity index (χ3v) is 4.51. The Bertz CT molecular complexity index is 742. The molecule has 0 aromatic heterocycles. The zero-order chi connectivity index (χ0) is 18.1. The van der Waals surface area contributed by atoms with Crippen molar-refractivity contribution in [2.75, 3.05) is 20.6 Å². The SMILES string of the molecule is CCN1C(=O)C2C(N=C(N/N=C/c3ccc(C)cc3)N2C)N(C)C1=O. The summed E-state index contributed by atoms with van der Waals surface area (Å²) in [7, 11) is 3.43. The molecule has 1 saturated heterocycles. The summed E-state index contributed by atoms with van der Waals surface area (Å²) < 4.78 is 0. The molecule has 1 aromatic carbocycles. The number of hydrazone groups is 1. The molecule has 8 heteroatoms. The quantitative estimate of drug-likeness (QED) is 0.652. The lowest BCUT2D eigenvalue weighted by Gasteiger charge is -2.39. The van der Waals surface area contributed by atoms with Crippen LogP contribution in [0.15, 0.2) is 34.4 Å². The van der Waals surface area contributed by atoms with Crippen molar-refractivity contribution in [1.29, 1.82) is 0 Å². The number of rotatable bonds is 3. The number of urea groups is 1. The van der Waals surface area contributed by atoms with Crippen LogP contribution in [0.3, 0.4) is 0 Å². The fourth-order valence-corrected chi connectivity index (χ4v) is 2.98. The average molecular weight is 342 g/mol. The molecule has 2 unspecified atom stereocenters. The first-order valence-corrected chi connectivity index (χ1v) is 8.18. The first kappa shape index (κ1) is 16.9. The minimum Gasteiger partial charge on any atom is -0.329 e. The predicted octanol–water partition coefficient (Wildman–Crippen LogP) is 0.829. The van der Waals surface area contributed by atoms with Crippen molar-refractivity contribution in [2.45, 2.75) is 26.1 Å². The molecular weight excluding hydrogens is 320 g/mol. The van der Waals surface area contributed by atoms with Crippen molar-refractivity contribution in [3.63, 3.8) is 0 Å². The van der Waals surface area contributed by atoms with Crippen molar-refractivity contribution >= 4 is 24.1 Å². The second-order valence-corrected chi connectivity index (χ2v) is 6.18. The van der Waals surface area contributed by atoms with Gasteiger partial charge < -0.3 is 9.80 Å². The van der Waals surface area contributed by atoms with Crippen molar-refractivity contribution in [2.24, 2.45) is 10.1 Å². The third-order valence-electron chi connectivity index (χ3n) is 4.51. The van der Waals surface area contributed by atoms with E-state index in [0.29, 0.717) is 12.5 Å². The Morgan fingerprint density at radius 2 is 1.88 bits per heavy atom. The smallest absolute Gasteiger partial charge is 0.328 e. The molecule has 3 amide bonds. The van der Waals surface area contributed by atoms with Crippen LogP contribution in [-0.4, -0.2) is 71.7 Å². The highest BCUT2D eigenvalue weighted by atomic mass is 16.2. The average Bonchev–Trinajstić information content (AvgIpc) is 2.92. The Hall–Kier alpha value is -2.90. The van der Waals surface area contributed by atoms with Crippen LogP contribution in [-0.2, 0) is 4.79 Å². The molecule has 0 radical (unpaired) electrons. The molecule has 2 heterocycles. The Kier molecular flexibility index (Phi) is 4.43. The number of aliphatic imine (C=N–C) groups is 1. The number of benzene rings is 1. The number of hydrogen-bond donors (Lipinski definition) is 1. The fraction of sp³-hybridized carbons (Fsp3) is 0.412. The normalized spacial score (nSPS) is 23.4. The topological polar surface area (TPSA) is 80.6 Å². The van der Waals surface area contributed by atoms with E-state index in [0.717, 1.165) is 5.56 Å². The number of aryl methyl sites for hydroxylation is 1. The number of nitrogens with zero attached hydrogens (tertiary/aromatic N) is 5. The van der Waals surface area contributed by atoms with Crippen molar-refractivity contribution in [3.8, 4) is 0 Å². The highest BCUT2D eigenvalue weighted by molar-refractivity contribution is 6.03. The molecular formula is C17H22N6O2. The molecule has 0 spiro atoms. The maximum Gasteiger partial charge on any atom is 0.328 e. The Labute approximate surface area is 146 Å². The summed E-state index contributed by atoms with van der Waals surface area (Å²) in [6.45, 7) is 4.15. The lowest BCUT2D eigenvalue weighted by atomic mass is 10.1. The number of likely N-dealkylation sites (N-methyl/N-ethyl adjacent to an activating group) is 3. The van der Waals surface area contributed by atoms with Gasteiger partial charge in [0.1, 0.15) is 0 Å². The molecule has 2 atom stereocenters. The predicted molar refractivity (Wildman–Crippen MR) is 95.2 cm³/mol. The van der Waals surface area contributed by atoms with Crippen molar-refractivity contribution in [3.05, 3.63) is 35.4 Å². The molecule has 0 saturated carbocycles. The van der Waals surface area contributed by atoms with Gasteiger partial charge in [-0.1, -0.05) is 29.8 Å². The van der Waals surface area contributed by atoms with Gasteiger partial charge in [-0.15, -0.1) is 0 Å². The number of hydrogen-bond acceptors (Lipinski definition) is 6. The van der Waals surface area contributed by atoms with E-state index in [1.807, 2.05) is 31.2 Å². The van der Waals surface area contributed by atoms with Gasteiger partial charge in [0.2, 0.25) is 5.96 Å². The van der Waals surface area contributed by atoms with Gasteiger partial charge in [-0.05, 0) is 19.4 Å². The third kappa shape index (κ3) is 2.95. The second-order valence-electron chi connectivity index (χ2n) is 6.18. The standard InChI is InChI=1S/C17H22N6O2/c1-5-23-15(24)13-14(22(4)17(23)25)19-16(21(13)3)20-18-10-12-8-6-11(2)7-9-12/h6-10,13-14H,5H2,1-4H3,(H,19,20)/b18-10+. The van der Waals surface area contributed by atoms with Gasteiger partial charge in [0.25, 0.3) is 5.91 Å². The molecule has 2 aliphatic heterocycles. The van der Waals surface area contributed by atoms with Crippen molar-refractivity contribution < 1.29 is 9.59 Å². The van der Waals surface area contributed by atoms with E-state index in [4.69, 9.17) is 0 Å². The van der Waals surface area contributed by atoms with Crippen LogP contribution < -0.4 is 5.43 Å². The number of carbonyl (C=O) groups is 2. The molecule has 0 bridgehead atoms. The first-order valence-electron chi connectivity index (χ1n) is 8.18. The number of imide groups is 1. The molecule has 1 N–H and O–H groups in total. The van der Waals surface area contributed by atoms with Crippen LogP contribution in [0.5, 0.6) is 0 Å². The molecule has 8 nitrogen and oxygen atoms in total. The van der Waals surface area contributed by atoms with Crippen LogP contribution in [0.4, 0.5) is 4.79 Å². The largest absolute Gasteiger partial charge is 0.329 e. The van der Waals surface area contributed by atoms with E-state index < -0.39 is 12.2 Å². The Balaban J connectivity index is 1.75. The maximum absolute atomic E-state index is 12.6. The Morgan fingerprint density at radius 3 is 2.52 bits per heavy atom. The van der Waals surface area contributed by atoms with Gasteiger partial charge in [0.15, 0.2) is 12.2 Å². The van der Waals surface area contributed by atoms with Gasteiger partial charge in [-0.25, -0.2) is 15.2 Å². The summed E-state index contributed by atoms with van der Waals surface area (Å²) in [6, 6.07) is 7.10. The molecule has 1 aromatic rings. The minimum absolute atomic E-state index is 0.235. The summed E-state index contributed by atoms with van der Waals surface area (Å²) in [6.07, 6.45) is 1.15. The lowest BCUT2D eigenvalue weighted by Crippen LogP contribution is -2.64. The van der Waals surface area contributed by atoms with Crippen LogP contribution in [0, 0.1) is 6.92 Å². The van der Waals surface area contributed by atoms with Crippen molar-refractivity contribution in [1.82, 2.24) is 20.1 Å². The van der Waals surface area contributed by atoms with E-state index in [-0.39, 0.29) is 11.9 Å². The first-order chi connectivity index (χ1) is 11.9. The van der Waals surface area contributed by atoms with E-state index >= 15 is 0 Å². The second kappa shape index (κ2) is 6.54. The molecule has 0 aliphatic carbocycles. The number of amides is 3. The van der Waals surface area contributed by atoms with Gasteiger partial charge in [-0.3, -0.25) is 9.69 Å². The highest BCUT2D eigenvalue weighted by Crippen LogP contribution is 2.25. The summed E-state index contributed by atoms with van der Waals surface area (Å²) in [5.74, 6) is 0.227. The van der Waals surface area contributed by atoms with Gasteiger partial charge in [0.05, 0.1) is 6.21 Å². The van der Waals surface area contributed by atoms with Crippen LogP contribution in [0.25, 0.3) is 0 Å².